The highest BCUT2D eigenvalue weighted by Gasteiger charge is 2.39. The van der Waals surface area contributed by atoms with E-state index in [9.17, 15) is 9.59 Å². The summed E-state index contributed by atoms with van der Waals surface area (Å²) in [5.41, 5.74) is 2.64. The lowest BCUT2D eigenvalue weighted by atomic mass is 9.95. The number of nitrogens with zero attached hydrogens (tertiary/aromatic N) is 3. The van der Waals surface area contributed by atoms with E-state index in [-0.39, 0.29) is 24.5 Å². The Labute approximate surface area is 218 Å². The average molecular weight is 518 g/mol. The number of amides is 1. The zero-order valence-electron chi connectivity index (χ0n) is 20.8. The van der Waals surface area contributed by atoms with Crippen LogP contribution in [0.25, 0.3) is 10.9 Å². The highest BCUT2D eigenvalue weighted by atomic mass is 16.6. The molecule has 0 radical (unpaired) electrons. The summed E-state index contributed by atoms with van der Waals surface area (Å²) in [5, 5.41) is 7.86. The summed E-state index contributed by atoms with van der Waals surface area (Å²) in [6.45, 7) is 1.89. The molecule has 1 amide bonds. The Balaban J connectivity index is 1.12. The zero-order chi connectivity index (χ0) is 25.8. The number of methoxy groups -OCH3 is 1. The summed E-state index contributed by atoms with van der Waals surface area (Å²) in [6.07, 6.45) is 9.03. The molecule has 38 heavy (non-hydrogen) atoms. The molecule has 11 nitrogen and oxygen atoms in total. The van der Waals surface area contributed by atoms with Crippen LogP contribution in [0.4, 0.5) is 10.5 Å². The van der Waals surface area contributed by atoms with Crippen molar-refractivity contribution in [1.82, 2.24) is 19.8 Å². The molecule has 7 rings (SSSR count). The minimum Gasteiger partial charge on any atom is -0.486 e. The first-order valence-electron chi connectivity index (χ1n) is 12.7. The Kier molecular flexibility index (Phi) is 5.24. The first-order chi connectivity index (χ1) is 18.6. The third kappa shape index (κ3) is 3.65. The molecule has 6 heterocycles. The number of cyclic esters (lactones) is 1. The van der Waals surface area contributed by atoms with Crippen LogP contribution in [0.5, 0.6) is 11.5 Å². The van der Waals surface area contributed by atoms with Crippen LogP contribution in [-0.4, -0.2) is 66.7 Å². The zero-order valence-corrected chi connectivity index (χ0v) is 20.8. The van der Waals surface area contributed by atoms with E-state index in [1.54, 1.807) is 31.5 Å². The van der Waals surface area contributed by atoms with Crippen molar-refractivity contribution in [2.45, 2.75) is 24.6 Å². The molecule has 0 spiro atoms. The van der Waals surface area contributed by atoms with E-state index in [1.165, 1.54) is 9.47 Å². The number of allylic oxidation sites excluding steroid dienone is 2. The van der Waals surface area contributed by atoms with Gasteiger partial charge in [-0.25, -0.2) is 4.79 Å². The molecule has 0 aliphatic carbocycles. The van der Waals surface area contributed by atoms with Crippen molar-refractivity contribution >= 4 is 28.6 Å². The van der Waals surface area contributed by atoms with Crippen molar-refractivity contribution in [3.05, 3.63) is 66.6 Å². The molecule has 2 N–H and O–H groups in total. The molecule has 2 saturated heterocycles. The summed E-state index contributed by atoms with van der Waals surface area (Å²) in [5.74, 6) is 1.62. The number of piperidine rings is 1. The van der Waals surface area contributed by atoms with Gasteiger partial charge in [-0.3, -0.25) is 14.3 Å². The molecular formula is C27H27N5O6. The van der Waals surface area contributed by atoms with Crippen LogP contribution >= 0.6 is 0 Å². The summed E-state index contributed by atoms with van der Waals surface area (Å²) >= 11 is 0. The van der Waals surface area contributed by atoms with Crippen LogP contribution in [0.1, 0.15) is 17.3 Å². The van der Waals surface area contributed by atoms with Gasteiger partial charge in [0.15, 0.2) is 17.4 Å². The first-order valence-corrected chi connectivity index (χ1v) is 12.7. The van der Waals surface area contributed by atoms with Crippen LogP contribution in [0.15, 0.2) is 66.6 Å². The minimum atomic E-state index is -0.927. The van der Waals surface area contributed by atoms with Crippen molar-refractivity contribution in [2.75, 3.05) is 38.3 Å². The lowest BCUT2D eigenvalue weighted by Gasteiger charge is -2.38. The van der Waals surface area contributed by atoms with Crippen LogP contribution in [0, 0.1) is 0 Å². The van der Waals surface area contributed by atoms with Gasteiger partial charge in [-0.2, -0.15) is 0 Å². The van der Waals surface area contributed by atoms with Gasteiger partial charge >= 0.3 is 6.09 Å². The van der Waals surface area contributed by atoms with Gasteiger partial charge in [-0.1, -0.05) is 0 Å². The van der Waals surface area contributed by atoms with E-state index in [0.717, 1.165) is 29.6 Å². The molecule has 0 bridgehead atoms. The van der Waals surface area contributed by atoms with Gasteiger partial charge in [0.1, 0.15) is 13.2 Å². The molecule has 2 aromatic heterocycles. The molecule has 4 aliphatic heterocycles. The number of benzene rings is 1. The van der Waals surface area contributed by atoms with Crippen molar-refractivity contribution < 1.29 is 28.5 Å². The molecule has 11 heteroatoms. The number of aromatic nitrogens is 2. The summed E-state index contributed by atoms with van der Waals surface area (Å²) in [7, 11) is 1.65. The fraction of sp³-hybridized carbons (Fsp3) is 0.333. The molecule has 1 aromatic carbocycles. The van der Waals surface area contributed by atoms with Crippen molar-refractivity contribution in [3.8, 4) is 11.5 Å². The second-order valence-electron chi connectivity index (χ2n) is 9.64. The highest BCUT2D eigenvalue weighted by Crippen LogP contribution is 2.36. The third-order valence-electron chi connectivity index (χ3n) is 7.49. The monoisotopic (exact) mass is 517 g/mol. The predicted octanol–water partition coefficient (Wildman–Crippen LogP) is 2.76. The molecule has 3 aromatic rings. The van der Waals surface area contributed by atoms with Crippen molar-refractivity contribution in [1.29, 1.82) is 0 Å². The van der Waals surface area contributed by atoms with Gasteiger partial charge in [-0.15, -0.1) is 0 Å². The summed E-state index contributed by atoms with van der Waals surface area (Å²) in [6, 6.07) is 7.41. The second-order valence-corrected chi connectivity index (χ2v) is 9.64. The predicted molar refractivity (Wildman–Crippen MR) is 137 cm³/mol. The van der Waals surface area contributed by atoms with Gasteiger partial charge in [0, 0.05) is 42.3 Å². The third-order valence-corrected chi connectivity index (χ3v) is 7.49. The number of nitrogens with one attached hydrogen (secondary N) is 2. The minimum absolute atomic E-state index is 0.0219. The van der Waals surface area contributed by atoms with Gasteiger partial charge in [0.05, 0.1) is 36.9 Å². The van der Waals surface area contributed by atoms with Gasteiger partial charge in [-0.05, 0) is 36.8 Å². The molecule has 0 saturated carbocycles. The molecule has 3 atom stereocenters. The van der Waals surface area contributed by atoms with E-state index in [2.05, 4.69) is 21.4 Å². The van der Waals surface area contributed by atoms with Gasteiger partial charge < -0.3 is 34.1 Å². The maximum atomic E-state index is 13.4. The SMILES string of the molecule is COC1=CC=C2NCCC(n3ccc4cn(C(=O)[C@@H]5CN(c6ccc7c(c6)OCCO7)C(=O)O5)cc43)C2N1. The number of carbonyl (C=O) groups is 2. The van der Waals surface area contributed by atoms with E-state index in [0.29, 0.717) is 36.3 Å². The van der Waals surface area contributed by atoms with Crippen LogP contribution in [0.2, 0.25) is 0 Å². The van der Waals surface area contributed by atoms with E-state index in [4.69, 9.17) is 18.9 Å². The Bertz CT molecular complexity index is 1500. The molecule has 2 unspecified atom stereocenters. The Morgan fingerprint density at radius 3 is 2.84 bits per heavy atom. The number of hydrogen-bond donors (Lipinski definition) is 2. The summed E-state index contributed by atoms with van der Waals surface area (Å²) < 4.78 is 25.8. The van der Waals surface area contributed by atoms with E-state index >= 15 is 0 Å². The molecule has 4 aliphatic rings. The number of dihydropyridines is 1. The van der Waals surface area contributed by atoms with Gasteiger partial charge in [0.25, 0.3) is 5.91 Å². The van der Waals surface area contributed by atoms with Gasteiger partial charge in [0.2, 0.25) is 6.10 Å². The largest absolute Gasteiger partial charge is 0.486 e. The fourth-order valence-corrected chi connectivity index (χ4v) is 5.61. The molecule has 2 fully saturated rings. The lowest BCUT2D eigenvalue weighted by Crippen LogP contribution is -2.49. The quantitative estimate of drug-likeness (QED) is 0.544. The van der Waals surface area contributed by atoms with Crippen molar-refractivity contribution in [2.24, 2.45) is 0 Å². The smallest absolute Gasteiger partial charge is 0.415 e. The van der Waals surface area contributed by atoms with Crippen LogP contribution < -0.4 is 25.0 Å². The number of fused-ring (bicyclic) bond motifs is 3. The van der Waals surface area contributed by atoms with Crippen LogP contribution in [0.3, 0.4) is 0 Å². The highest BCUT2D eigenvalue weighted by molar-refractivity contribution is 5.98. The number of carbonyl (C=O) groups excluding carboxylic acids is 2. The van der Waals surface area contributed by atoms with Crippen LogP contribution in [-0.2, 0) is 9.47 Å². The standard InChI is InChI=1S/C27H27N5O6/c1-35-24-5-3-18-25(29-24)19(6-8-28-18)31-9-7-16-13-30(14-20(16)31)26(33)23-15-32(27(34)38-23)17-2-4-21-22(12-17)37-11-10-36-21/h2-5,7,9,12-14,19,23,25,28-29H,6,8,10-11,15H2,1H3/t19?,23-,25?/m0/s1. The van der Waals surface area contributed by atoms with Crippen molar-refractivity contribution in [3.63, 3.8) is 0 Å². The maximum Gasteiger partial charge on any atom is 0.415 e. The fourth-order valence-electron chi connectivity index (χ4n) is 5.61. The topological polar surface area (TPSA) is 108 Å². The Morgan fingerprint density at radius 1 is 1.11 bits per heavy atom. The first kappa shape index (κ1) is 22.6. The molecular weight excluding hydrogens is 490 g/mol. The Hall–Kier alpha value is -4.54. The van der Waals surface area contributed by atoms with E-state index < -0.39 is 12.2 Å². The van der Waals surface area contributed by atoms with E-state index in [1.807, 2.05) is 24.4 Å². The average Bonchev–Trinajstić information content (AvgIpc) is 3.66. The Morgan fingerprint density at radius 2 is 1.97 bits per heavy atom. The number of anilines is 1. The maximum absolute atomic E-state index is 13.4. The number of ether oxygens (including phenoxy) is 4. The number of hydrogen-bond acceptors (Lipinski definition) is 8. The molecule has 196 valence electrons. The lowest BCUT2D eigenvalue weighted by molar-refractivity contribution is 0.0676. The summed E-state index contributed by atoms with van der Waals surface area (Å²) in [4.78, 5) is 27.6. The normalized spacial score (nSPS) is 24.1. The number of rotatable bonds is 4. The second kappa shape index (κ2) is 8.79.